The third-order valence-corrected chi connectivity index (χ3v) is 5.27. The molecule has 0 radical (unpaired) electrons. The molecule has 1 aromatic heterocycles. The lowest BCUT2D eigenvalue weighted by molar-refractivity contribution is -0.116. The Kier molecular flexibility index (Phi) is 5.95. The number of fused-ring (bicyclic) bond motifs is 1. The standard InChI is InChI=1S/C19H22N4O3S/c1-3-4-7-16-21-22-19(27-16)20-15(24)6-5-10-23-17(25)13-9-8-12(2)11-14(13)18(23)26/h8-9,11H,3-7,10H2,1-2H3,(H,20,22,24). The number of aryl methyl sites for hydroxylation is 2. The van der Waals surface area contributed by atoms with Gasteiger partial charge in [-0.3, -0.25) is 19.3 Å². The maximum atomic E-state index is 12.4. The van der Waals surface area contributed by atoms with Crippen molar-refractivity contribution in [1.29, 1.82) is 0 Å². The highest BCUT2D eigenvalue weighted by atomic mass is 32.1. The highest BCUT2D eigenvalue weighted by Gasteiger charge is 2.34. The number of benzene rings is 1. The predicted octanol–water partition coefficient (Wildman–Crippen LogP) is 3.20. The van der Waals surface area contributed by atoms with Crippen molar-refractivity contribution in [2.24, 2.45) is 0 Å². The van der Waals surface area contributed by atoms with Gasteiger partial charge in [0.15, 0.2) is 0 Å². The van der Waals surface area contributed by atoms with Gasteiger partial charge in [-0.05, 0) is 31.9 Å². The van der Waals surface area contributed by atoms with E-state index in [1.807, 2.05) is 13.0 Å². The molecule has 1 aliphatic heterocycles. The summed E-state index contributed by atoms with van der Waals surface area (Å²) in [5.74, 6) is -0.774. The van der Waals surface area contributed by atoms with Gasteiger partial charge in [0.05, 0.1) is 11.1 Å². The van der Waals surface area contributed by atoms with Gasteiger partial charge in [-0.15, -0.1) is 10.2 Å². The first-order chi connectivity index (χ1) is 13.0. The fourth-order valence-corrected chi connectivity index (χ4v) is 3.72. The molecule has 1 N–H and O–H groups in total. The second kappa shape index (κ2) is 8.39. The first kappa shape index (κ1) is 19.2. The van der Waals surface area contributed by atoms with Crippen molar-refractivity contribution in [1.82, 2.24) is 15.1 Å². The number of hydrogen-bond acceptors (Lipinski definition) is 6. The van der Waals surface area contributed by atoms with Gasteiger partial charge in [0, 0.05) is 19.4 Å². The van der Waals surface area contributed by atoms with Gasteiger partial charge in [-0.2, -0.15) is 0 Å². The largest absolute Gasteiger partial charge is 0.301 e. The summed E-state index contributed by atoms with van der Waals surface area (Å²) in [6.45, 7) is 4.21. The summed E-state index contributed by atoms with van der Waals surface area (Å²) >= 11 is 1.38. The monoisotopic (exact) mass is 386 g/mol. The highest BCUT2D eigenvalue weighted by Crippen LogP contribution is 2.24. The average Bonchev–Trinajstić information content (AvgIpc) is 3.17. The Balaban J connectivity index is 1.48. The topological polar surface area (TPSA) is 92.3 Å². The molecule has 0 aliphatic carbocycles. The van der Waals surface area contributed by atoms with E-state index in [0.29, 0.717) is 22.7 Å². The molecule has 1 aliphatic rings. The molecule has 1 aromatic carbocycles. The van der Waals surface area contributed by atoms with Crippen molar-refractivity contribution in [2.45, 2.75) is 46.0 Å². The SMILES string of the molecule is CCCCc1nnc(NC(=O)CCCN2C(=O)c3ccc(C)cc3C2=O)s1. The number of aromatic nitrogens is 2. The van der Waals surface area contributed by atoms with Crippen LogP contribution in [0.25, 0.3) is 0 Å². The zero-order valence-corrected chi connectivity index (χ0v) is 16.3. The lowest BCUT2D eigenvalue weighted by Crippen LogP contribution is -2.31. The molecule has 0 saturated heterocycles. The average molecular weight is 386 g/mol. The van der Waals surface area contributed by atoms with Crippen molar-refractivity contribution in [3.63, 3.8) is 0 Å². The van der Waals surface area contributed by atoms with Crippen LogP contribution >= 0.6 is 11.3 Å². The van der Waals surface area contributed by atoms with Gasteiger partial charge < -0.3 is 5.32 Å². The van der Waals surface area contributed by atoms with Crippen LogP contribution in [0.4, 0.5) is 5.13 Å². The summed E-state index contributed by atoms with van der Waals surface area (Å²) in [5.41, 5.74) is 1.81. The Bertz CT molecular complexity index is 878. The van der Waals surface area contributed by atoms with Crippen LogP contribution in [0.2, 0.25) is 0 Å². The quantitative estimate of drug-likeness (QED) is 0.703. The fourth-order valence-electron chi connectivity index (χ4n) is 2.92. The van der Waals surface area contributed by atoms with Crippen molar-refractivity contribution in [3.05, 3.63) is 39.9 Å². The molecule has 0 unspecified atom stereocenters. The summed E-state index contributed by atoms with van der Waals surface area (Å²) in [7, 11) is 0. The van der Waals surface area contributed by atoms with Gasteiger partial charge in [0.2, 0.25) is 11.0 Å². The molecule has 3 rings (SSSR count). The highest BCUT2D eigenvalue weighted by molar-refractivity contribution is 7.15. The lowest BCUT2D eigenvalue weighted by atomic mass is 10.1. The van der Waals surface area contributed by atoms with E-state index in [2.05, 4.69) is 22.4 Å². The van der Waals surface area contributed by atoms with Gasteiger partial charge in [0.25, 0.3) is 11.8 Å². The number of nitrogens with one attached hydrogen (secondary N) is 1. The van der Waals surface area contributed by atoms with Crippen molar-refractivity contribution in [2.75, 3.05) is 11.9 Å². The van der Waals surface area contributed by atoms with Gasteiger partial charge in [-0.25, -0.2) is 0 Å². The lowest BCUT2D eigenvalue weighted by Gasteiger charge is -2.13. The summed E-state index contributed by atoms with van der Waals surface area (Å²) in [5, 5.41) is 12.2. The van der Waals surface area contributed by atoms with Gasteiger partial charge >= 0.3 is 0 Å². The fraction of sp³-hybridized carbons (Fsp3) is 0.421. The normalized spacial score (nSPS) is 13.2. The van der Waals surface area contributed by atoms with E-state index in [1.165, 1.54) is 16.2 Å². The maximum absolute atomic E-state index is 12.4. The van der Waals surface area contributed by atoms with E-state index < -0.39 is 0 Å². The van der Waals surface area contributed by atoms with E-state index >= 15 is 0 Å². The molecule has 8 heteroatoms. The van der Waals surface area contributed by atoms with E-state index in [-0.39, 0.29) is 30.7 Å². The Hall–Kier alpha value is -2.61. The number of anilines is 1. The van der Waals surface area contributed by atoms with Crippen molar-refractivity contribution < 1.29 is 14.4 Å². The number of unbranched alkanes of at least 4 members (excludes halogenated alkanes) is 1. The Morgan fingerprint density at radius 3 is 2.70 bits per heavy atom. The minimum atomic E-state index is -0.292. The maximum Gasteiger partial charge on any atom is 0.261 e. The zero-order chi connectivity index (χ0) is 19.4. The first-order valence-electron chi connectivity index (χ1n) is 9.08. The van der Waals surface area contributed by atoms with Crippen LogP contribution in [0.3, 0.4) is 0 Å². The van der Waals surface area contributed by atoms with E-state index in [0.717, 1.165) is 29.8 Å². The zero-order valence-electron chi connectivity index (χ0n) is 15.4. The molecule has 27 heavy (non-hydrogen) atoms. The van der Waals surface area contributed by atoms with Crippen molar-refractivity contribution in [3.8, 4) is 0 Å². The Morgan fingerprint density at radius 2 is 1.93 bits per heavy atom. The molecule has 142 valence electrons. The van der Waals surface area contributed by atoms with Crippen LogP contribution in [0, 0.1) is 6.92 Å². The molecule has 7 nitrogen and oxygen atoms in total. The third kappa shape index (κ3) is 4.39. The van der Waals surface area contributed by atoms with Gasteiger partial charge in [0.1, 0.15) is 5.01 Å². The van der Waals surface area contributed by atoms with E-state index in [4.69, 9.17) is 0 Å². The minimum Gasteiger partial charge on any atom is -0.301 e. The molecule has 0 bridgehead atoms. The van der Waals surface area contributed by atoms with Crippen LogP contribution in [-0.2, 0) is 11.2 Å². The summed E-state index contributed by atoms with van der Waals surface area (Å²) in [4.78, 5) is 38.1. The summed E-state index contributed by atoms with van der Waals surface area (Å²) in [6, 6.07) is 5.23. The number of nitrogens with zero attached hydrogens (tertiary/aromatic N) is 3. The van der Waals surface area contributed by atoms with Crippen LogP contribution < -0.4 is 5.32 Å². The van der Waals surface area contributed by atoms with Crippen LogP contribution in [0.15, 0.2) is 18.2 Å². The van der Waals surface area contributed by atoms with Crippen LogP contribution in [0.1, 0.15) is 63.9 Å². The molecule has 2 heterocycles. The second-order valence-electron chi connectivity index (χ2n) is 6.57. The number of imide groups is 1. The molecule has 0 atom stereocenters. The first-order valence-corrected chi connectivity index (χ1v) is 9.90. The van der Waals surface area contributed by atoms with E-state index in [1.54, 1.807) is 12.1 Å². The molecular weight excluding hydrogens is 364 g/mol. The van der Waals surface area contributed by atoms with Crippen LogP contribution in [-0.4, -0.2) is 39.4 Å². The molecule has 0 spiro atoms. The minimum absolute atomic E-state index is 0.194. The molecule has 0 fully saturated rings. The Labute approximate surface area is 161 Å². The molecular formula is C19H22N4O3S. The molecule has 2 aromatic rings. The predicted molar refractivity (Wildman–Crippen MR) is 103 cm³/mol. The van der Waals surface area contributed by atoms with E-state index in [9.17, 15) is 14.4 Å². The number of carbonyl (C=O) groups is 3. The number of carbonyl (C=O) groups excluding carboxylic acids is 3. The molecule has 0 saturated carbocycles. The van der Waals surface area contributed by atoms with Gasteiger partial charge in [-0.1, -0.05) is 36.3 Å². The Morgan fingerprint density at radius 1 is 1.15 bits per heavy atom. The summed E-state index contributed by atoms with van der Waals surface area (Å²) in [6.07, 6.45) is 3.60. The molecule has 3 amide bonds. The van der Waals surface area contributed by atoms with Crippen molar-refractivity contribution >= 4 is 34.2 Å². The summed E-state index contributed by atoms with van der Waals surface area (Å²) < 4.78 is 0. The third-order valence-electron chi connectivity index (χ3n) is 4.37. The second-order valence-corrected chi connectivity index (χ2v) is 7.63. The number of hydrogen-bond donors (Lipinski definition) is 1. The number of rotatable bonds is 8. The number of amides is 3. The van der Waals surface area contributed by atoms with Crippen LogP contribution in [0.5, 0.6) is 0 Å². The smallest absolute Gasteiger partial charge is 0.261 e.